The summed E-state index contributed by atoms with van der Waals surface area (Å²) in [5.74, 6) is 0.888. The Morgan fingerprint density at radius 1 is 1.32 bits per heavy atom. The van der Waals surface area contributed by atoms with Crippen molar-refractivity contribution in [2.75, 3.05) is 18.0 Å². The van der Waals surface area contributed by atoms with Crippen LogP contribution in [0.15, 0.2) is 36.4 Å². The normalized spacial score (nSPS) is 17.5. The second-order valence-electron chi connectivity index (χ2n) is 5.07. The molecule has 7 heteroatoms. The number of hydrogen-bond acceptors (Lipinski definition) is 5. The highest BCUT2D eigenvalue weighted by Crippen LogP contribution is 2.23. The summed E-state index contributed by atoms with van der Waals surface area (Å²) in [6, 6.07) is 10.7. The molecular formula is C15H15ClN4O2. The molecule has 3 rings (SSSR count). The molecule has 6 nitrogen and oxygen atoms in total. The Hall–Kier alpha value is -2.34. The quantitative estimate of drug-likeness (QED) is 0.931. The van der Waals surface area contributed by atoms with Crippen molar-refractivity contribution in [1.82, 2.24) is 10.2 Å². The van der Waals surface area contributed by atoms with Crippen molar-refractivity contribution >= 4 is 23.3 Å². The number of hydrogen-bond donors (Lipinski definition) is 1. The van der Waals surface area contributed by atoms with E-state index in [1.165, 1.54) is 0 Å². The fraction of sp³-hybridized carbons (Fsp3) is 0.267. The van der Waals surface area contributed by atoms with Gasteiger partial charge in [0.25, 0.3) is 5.91 Å². The number of aromatic nitrogens is 2. The zero-order valence-electron chi connectivity index (χ0n) is 11.8. The first-order valence-corrected chi connectivity index (χ1v) is 7.30. The van der Waals surface area contributed by atoms with Gasteiger partial charge in [-0.15, -0.1) is 10.2 Å². The van der Waals surface area contributed by atoms with Crippen LogP contribution in [0, 0.1) is 0 Å². The summed E-state index contributed by atoms with van der Waals surface area (Å²) in [7, 11) is 0. The first-order valence-electron chi connectivity index (χ1n) is 6.92. The van der Waals surface area contributed by atoms with Crippen molar-refractivity contribution in [3.63, 3.8) is 0 Å². The van der Waals surface area contributed by atoms with E-state index in [-0.39, 0.29) is 11.8 Å². The summed E-state index contributed by atoms with van der Waals surface area (Å²) in [6.45, 7) is 1.52. The highest BCUT2D eigenvalue weighted by molar-refractivity contribution is 6.30. The number of nitrogens with two attached hydrogens (primary N) is 1. The lowest BCUT2D eigenvalue weighted by Gasteiger charge is -2.17. The maximum atomic E-state index is 11.0. The maximum absolute atomic E-state index is 11.0. The molecular weight excluding hydrogens is 304 g/mol. The average molecular weight is 319 g/mol. The van der Waals surface area contributed by atoms with Crippen molar-refractivity contribution < 1.29 is 9.53 Å². The summed E-state index contributed by atoms with van der Waals surface area (Å²) in [4.78, 5) is 13.1. The number of carbonyl (C=O) groups excluding carboxylic acids is 1. The summed E-state index contributed by atoms with van der Waals surface area (Å²) in [5, 5.41) is 8.51. The molecule has 114 valence electrons. The molecule has 1 fully saturated rings. The monoisotopic (exact) mass is 318 g/mol. The Labute approximate surface area is 132 Å². The third-order valence-electron chi connectivity index (χ3n) is 3.47. The maximum Gasteiger partial charge on any atom is 0.269 e. The van der Waals surface area contributed by atoms with E-state index in [1.807, 2.05) is 18.2 Å². The highest BCUT2D eigenvalue weighted by atomic mass is 35.5. The molecule has 1 atom stereocenters. The lowest BCUT2D eigenvalue weighted by atomic mass is 10.3. The second-order valence-corrected chi connectivity index (χ2v) is 5.51. The number of rotatable bonds is 4. The van der Waals surface area contributed by atoms with Gasteiger partial charge in [0, 0.05) is 18.0 Å². The van der Waals surface area contributed by atoms with E-state index in [0.717, 1.165) is 18.7 Å². The molecule has 22 heavy (non-hydrogen) atoms. The van der Waals surface area contributed by atoms with Crippen LogP contribution >= 0.6 is 11.6 Å². The van der Waals surface area contributed by atoms with Crippen molar-refractivity contribution in [3.8, 4) is 5.75 Å². The summed E-state index contributed by atoms with van der Waals surface area (Å²) >= 11 is 5.95. The Bertz CT molecular complexity index is 677. The number of ether oxygens (including phenoxy) is 1. The molecule has 1 amide bonds. The van der Waals surface area contributed by atoms with E-state index >= 15 is 0 Å². The fourth-order valence-electron chi connectivity index (χ4n) is 2.39. The molecule has 1 aromatic carbocycles. The molecule has 2 N–H and O–H groups in total. The Balaban J connectivity index is 1.63. The van der Waals surface area contributed by atoms with Gasteiger partial charge in [0.1, 0.15) is 11.9 Å². The minimum absolute atomic E-state index is 0.0658. The van der Waals surface area contributed by atoms with Crippen LogP contribution in [0.4, 0.5) is 5.82 Å². The molecule has 1 aliphatic rings. The second kappa shape index (κ2) is 6.19. The molecule has 0 aliphatic carbocycles. The molecule has 1 saturated heterocycles. The van der Waals surface area contributed by atoms with Crippen molar-refractivity contribution in [3.05, 3.63) is 47.1 Å². The zero-order chi connectivity index (χ0) is 15.5. The van der Waals surface area contributed by atoms with E-state index in [0.29, 0.717) is 17.4 Å². The predicted molar refractivity (Wildman–Crippen MR) is 83.2 cm³/mol. The van der Waals surface area contributed by atoms with Crippen LogP contribution < -0.4 is 15.4 Å². The van der Waals surface area contributed by atoms with Gasteiger partial charge in [-0.05, 0) is 30.3 Å². The third-order valence-corrected chi connectivity index (χ3v) is 3.71. The van der Waals surface area contributed by atoms with Gasteiger partial charge in [0.2, 0.25) is 0 Å². The van der Waals surface area contributed by atoms with Crippen LogP contribution in [0.2, 0.25) is 5.02 Å². The summed E-state index contributed by atoms with van der Waals surface area (Å²) < 4.78 is 5.92. The number of primary amides is 1. The Kier molecular flexibility index (Phi) is 4.11. The molecule has 0 radical (unpaired) electrons. The van der Waals surface area contributed by atoms with Crippen LogP contribution in [0.1, 0.15) is 16.9 Å². The zero-order valence-corrected chi connectivity index (χ0v) is 12.5. The molecule has 1 unspecified atom stereocenters. The summed E-state index contributed by atoms with van der Waals surface area (Å²) in [5.41, 5.74) is 5.31. The van der Waals surface area contributed by atoms with Gasteiger partial charge >= 0.3 is 0 Å². The van der Waals surface area contributed by atoms with Crippen molar-refractivity contribution in [2.24, 2.45) is 5.73 Å². The van der Waals surface area contributed by atoms with Gasteiger partial charge < -0.3 is 15.4 Å². The van der Waals surface area contributed by atoms with Crippen LogP contribution in [0.25, 0.3) is 0 Å². The number of benzene rings is 1. The van der Waals surface area contributed by atoms with E-state index in [1.54, 1.807) is 18.2 Å². The SMILES string of the molecule is NC(=O)c1ccc(N2CCC(Oc3cccc(Cl)c3)C2)nn1. The Morgan fingerprint density at radius 3 is 2.86 bits per heavy atom. The standard InChI is InChI=1S/C15H15ClN4O2/c16-10-2-1-3-11(8-10)22-12-6-7-20(9-12)14-5-4-13(15(17)21)18-19-14/h1-5,8,12H,6-7,9H2,(H2,17,21). The molecule has 1 aromatic heterocycles. The topological polar surface area (TPSA) is 81.3 Å². The number of amides is 1. The van der Waals surface area contributed by atoms with Gasteiger partial charge in [-0.25, -0.2) is 0 Å². The van der Waals surface area contributed by atoms with Gasteiger partial charge in [-0.3, -0.25) is 4.79 Å². The van der Waals surface area contributed by atoms with Crippen LogP contribution in [-0.4, -0.2) is 35.3 Å². The van der Waals surface area contributed by atoms with E-state index in [4.69, 9.17) is 22.1 Å². The lowest BCUT2D eigenvalue weighted by Crippen LogP contribution is -2.26. The number of halogens is 1. The lowest BCUT2D eigenvalue weighted by molar-refractivity contribution is 0.0994. The van der Waals surface area contributed by atoms with E-state index in [2.05, 4.69) is 15.1 Å². The third kappa shape index (κ3) is 3.28. The van der Waals surface area contributed by atoms with Crippen molar-refractivity contribution in [1.29, 1.82) is 0 Å². The summed E-state index contributed by atoms with van der Waals surface area (Å²) in [6.07, 6.45) is 0.947. The van der Waals surface area contributed by atoms with Gasteiger partial charge in [0.05, 0.1) is 6.54 Å². The molecule has 0 saturated carbocycles. The van der Waals surface area contributed by atoms with Gasteiger partial charge in [0.15, 0.2) is 11.5 Å². The molecule has 1 aliphatic heterocycles. The average Bonchev–Trinajstić information content (AvgIpc) is 2.96. The molecule has 2 heterocycles. The van der Waals surface area contributed by atoms with Crippen LogP contribution in [-0.2, 0) is 0 Å². The smallest absolute Gasteiger partial charge is 0.269 e. The predicted octanol–water partition coefficient (Wildman–Crippen LogP) is 1.89. The van der Waals surface area contributed by atoms with Crippen molar-refractivity contribution in [2.45, 2.75) is 12.5 Å². The minimum Gasteiger partial charge on any atom is -0.488 e. The molecule has 0 bridgehead atoms. The minimum atomic E-state index is -0.581. The number of nitrogens with zero attached hydrogens (tertiary/aromatic N) is 3. The fourth-order valence-corrected chi connectivity index (χ4v) is 2.57. The number of anilines is 1. The Morgan fingerprint density at radius 2 is 2.18 bits per heavy atom. The highest BCUT2D eigenvalue weighted by Gasteiger charge is 2.25. The first-order chi connectivity index (χ1) is 10.6. The first kappa shape index (κ1) is 14.6. The van der Waals surface area contributed by atoms with Crippen LogP contribution in [0.3, 0.4) is 0 Å². The van der Waals surface area contributed by atoms with Gasteiger partial charge in [-0.2, -0.15) is 0 Å². The van der Waals surface area contributed by atoms with E-state index in [9.17, 15) is 4.79 Å². The molecule has 2 aromatic rings. The van der Waals surface area contributed by atoms with E-state index < -0.39 is 5.91 Å². The number of carbonyl (C=O) groups is 1. The van der Waals surface area contributed by atoms with Gasteiger partial charge in [-0.1, -0.05) is 17.7 Å². The van der Waals surface area contributed by atoms with Crippen LogP contribution in [0.5, 0.6) is 5.75 Å². The largest absolute Gasteiger partial charge is 0.488 e. The molecule has 0 spiro atoms.